The van der Waals surface area contributed by atoms with Gasteiger partial charge in [-0.3, -0.25) is 4.68 Å². The zero-order chi connectivity index (χ0) is 23.0. The first-order chi connectivity index (χ1) is 15.1. The summed E-state index contributed by atoms with van der Waals surface area (Å²) in [6.07, 6.45) is 7.41. The van der Waals surface area contributed by atoms with Crippen molar-refractivity contribution in [3.05, 3.63) is 30.4 Å². The van der Waals surface area contributed by atoms with E-state index >= 15 is 0 Å². The molecule has 1 amide bonds. The van der Waals surface area contributed by atoms with Gasteiger partial charge in [0.25, 0.3) is 0 Å². The van der Waals surface area contributed by atoms with Crippen LogP contribution in [0.1, 0.15) is 59.1 Å². The van der Waals surface area contributed by atoms with Crippen molar-refractivity contribution in [2.24, 2.45) is 7.05 Å². The van der Waals surface area contributed by atoms with Gasteiger partial charge in [-0.25, -0.2) is 9.88 Å². The van der Waals surface area contributed by atoms with Crippen LogP contribution in [0.25, 0.3) is 16.8 Å². The summed E-state index contributed by atoms with van der Waals surface area (Å²) in [4.78, 5) is 18.6. The molecular weight excluding hydrogens is 406 g/mol. The topological polar surface area (TPSA) is 90.8 Å². The lowest BCUT2D eigenvalue weighted by molar-refractivity contribution is -0.832. The molecule has 1 saturated heterocycles. The summed E-state index contributed by atoms with van der Waals surface area (Å²) >= 11 is 0. The third-order valence-corrected chi connectivity index (χ3v) is 5.57. The van der Waals surface area contributed by atoms with E-state index in [1.54, 1.807) is 4.68 Å². The molecule has 0 spiro atoms. The normalized spacial score (nSPS) is 19.5. The summed E-state index contributed by atoms with van der Waals surface area (Å²) in [7, 11) is 1.90. The number of nitrogens with zero attached hydrogens (tertiary/aromatic N) is 5. The number of nitrogens with one attached hydrogen (secondary N) is 2. The Morgan fingerprint density at radius 2 is 2.06 bits per heavy atom. The Bertz CT molecular complexity index is 1110. The number of rotatable bonds is 4. The van der Waals surface area contributed by atoms with Gasteiger partial charge in [0.2, 0.25) is 0 Å². The minimum absolute atomic E-state index is 0.167. The van der Waals surface area contributed by atoms with Crippen LogP contribution in [-0.4, -0.2) is 55.2 Å². The van der Waals surface area contributed by atoms with Crippen LogP contribution in [0, 0.1) is 0 Å². The molecule has 2 unspecified atom stereocenters. The van der Waals surface area contributed by atoms with Crippen LogP contribution >= 0.6 is 0 Å². The lowest BCUT2D eigenvalue weighted by Crippen LogP contribution is -3.16. The van der Waals surface area contributed by atoms with Gasteiger partial charge in [-0.1, -0.05) is 0 Å². The van der Waals surface area contributed by atoms with Crippen LogP contribution in [0.15, 0.2) is 24.7 Å². The predicted octanol–water partition coefficient (Wildman–Crippen LogP) is 2.65. The van der Waals surface area contributed by atoms with Gasteiger partial charge in [-0.15, -0.1) is 0 Å². The van der Waals surface area contributed by atoms with E-state index in [4.69, 9.17) is 9.72 Å². The maximum atomic E-state index is 12.7. The zero-order valence-corrected chi connectivity index (χ0v) is 19.8. The molecule has 9 heteroatoms. The summed E-state index contributed by atoms with van der Waals surface area (Å²) in [5.74, 6) is 1.07. The maximum absolute atomic E-state index is 12.7. The number of hydrogen-bond donors (Lipinski definition) is 2. The molecule has 172 valence electrons. The molecule has 4 heterocycles. The van der Waals surface area contributed by atoms with Gasteiger partial charge in [-0.05, 0) is 47.5 Å². The number of hydrogen-bond acceptors (Lipinski definition) is 6. The molecule has 4 rings (SSSR count). The van der Waals surface area contributed by atoms with Crippen LogP contribution in [0.2, 0.25) is 0 Å². The largest absolute Gasteiger partial charge is 0.514 e. The fourth-order valence-corrected chi connectivity index (χ4v) is 4.20. The quantitative estimate of drug-likeness (QED) is 0.648. The second kappa shape index (κ2) is 8.54. The smallest absolute Gasteiger partial charge is 0.414 e. The molecule has 0 radical (unpaired) electrons. The first kappa shape index (κ1) is 22.3. The zero-order valence-electron chi connectivity index (χ0n) is 19.8. The second-order valence-corrected chi connectivity index (χ2v) is 9.96. The summed E-state index contributed by atoms with van der Waals surface area (Å²) in [6.45, 7) is 11.4. The molecule has 0 saturated carbocycles. The van der Waals surface area contributed by atoms with Crippen molar-refractivity contribution in [2.75, 3.05) is 18.4 Å². The van der Waals surface area contributed by atoms with Crippen LogP contribution < -0.4 is 10.2 Å². The number of aromatic nitrogens is 5. The molecule has 0 bridgehead atoms. The Kier molecular flexibility index (Phi) is 5.94. The lowest BCUT2D eigenvalue weighted by atomic mass is 9.94. The number of anilines is 1. The number of carbonyl (C=O) groups is 1. The average Bonchev–Trinajstić information content (AvgIpc) is 3.32. The van der Waals surface area contributed by atoms with Gasteiger partial charge in [-0.2, -0.15) is 19.5 Å². The van der Waals surface area contributed by atoms with E-state index < -0.39 is 5.60 Å². The van der Waals surface area contributed by atoms with E-state index in [0.717, 1.165) is 52.6 Å². The molecule has 1 aliphatic heterocycles. The summed E-state index contributed by atoms with van der Waals surface area (Å²) < 4.78 is 9.27. The number of carbonyl (C=O) groups excluding carboxylic acids is 1. The monoisotopic (exact) mass is 440 g/mol. The summed E-state index contributed by atoms with van der Waals surface area (Å²) in [5, 5.41) is 12.4. The highest BCUT2D eigenvalue weighted by Gasteiger charge is 2.34. The molecule has 2 atom stereocenters. The highest BCUT2D eigenvalue weighted by atomic mass is 16.6. The molecule has 0 aliphatic carbocycles. The van der Waals surface area contributed by atoms with Crippen molar-refractivity contribution in [1.82, 2.24) is 24.4 Å². The Labute approximate surface area is 188 Å². The van der Waals surface area contributed by atoms with Gasteiger partial charge < -0.3 is 10.1 Å². The van der Waals surface area contributed by atoms with Crippen LogP contribution in [-0.2, 0) is 11.8 Å². The Hall–Kier alpha value is -2.94. The molecule has 1 aliphatic rings. The molecule has 9 nitrogen and oxygen atoms in total. The van der Waals surface area contributed by atoms with Gasteiger partial charge in [0.1, 0.15) is 11.4 Å². The predicted molar refractivity (Wildman–Crippen MR) is 123 cm³/mol. The molecule has 1 fully saturated rings. The minimum Gasteiger partial charge on any atom is -0.414 e. The Morgan fingerprint density at radius 3 is 2.72 bits per heavy atom. The molecule has 32 heavy (non-hydrogen) atoms. The van der Waals surface area contributed by atoms with Gasteiger partial charge in [0, 0.05) is 36.5 Å². The van der Waals surface area contributed by atoms with E-state index in [1.165, 1.54) is 0 Å². The number of likely N-dealkylation sites (tertiary alicyclic amines) is 1. The van der Waals surface area contributed by atoms with Crippen molar-refractivity contribution in [3.63, 3.8) is 0 Å². The highest BCUT2D eigenvalue weighted by Crippen LogP contribution is 2.29. The molecule has 3 aromatic heterocycles. The van der Waals surface area contributed by atoms with Crippen molar-refractivity contribution < 1.29 is 14.4 Å². The standard InChI is InChI=1S/C23H33N7O2/c1-15(2)26-20-10-19(16-8-7-9-29(14-16)22(31)32-23(3,4)5)27-21-18(12-25-30(20)21)17-11-24-28(6)13-17/h10-13,15-16,26H,7-9,14H2,1-6H3/p+1. The van der Waals surface area contributed by atoms with Gasteiger partial charge in [0.15, 0.2) is 5.65 Å². The molecule has 0 aromatic carbocycles. The number of alkyl carbamates (subject to hydrolysis) is 2. The van der Waals surface area contributed by atoms with Gasteiger partial charge >= 0.3 is 6.09 Å². The lowest BCUT2D eigenvalue weighted by Gasteiger charge is -2.29. The fourth-order valence-electron chi connectivity index (χ4n) is 4.20. The number of quaternary nitrogens is 1. The number of aryl methyl sites for hydroxylation is 1. The van der Waals surface area contributed by atoms with E-state index in [2.05, 4.69) is 35.4 Å². The Morgan fingerprint density at radius 1 is 1.28 bits per heavy atom. The Balaban J connectivity index is 1.70. The minimum atomic E-state index is -0.487. The maximum Gasteiger partial charge on any atom is 0.514 e. The molecule has 3 aromatic rings. The first-order valence-electron chi connectivity index (χ1n) is 11.3. The van der Waals surface area contributed by atoms with Crippen molar-refractivity contribution >= 4 is 17.6 Å². The number of fused-ring (bicyclic) bond motifs is 1. The van der Waals surface area contributed by atoms with Crippen LogP contribution in [0.4, 0.5) is 10.6 Å². The van der Waals surface area contributed by atoms with Crippen molar-refractivity contribution in [2.45, 2.75) is 65.0 Å². The average molecular weight is 441 g/mol. The summed E-state index contributed by atoms with van der Waals surface area (Å²) in [6, 6.07) is 2.32. The van der Waals surface area contributed by atoms with Crippen LogP contribution in [0.5, 0.6) is 0 Å². The van der Waals surface area contributed by atoms with Gasteiger partial charge in [0.05, 0.1) is 37.1 Å². The van der Waals surface area contributed by atoms with Crippen molar-refractivity contribution in [1.29, 1.82) is 0 Å². The molecular formula is C23H34N7O2+. The van der Waals surface area contributed by atoms with E-state index in [0.29, 0.717) is 6.54 Å². The van der Waals surface area contributed by atoms with E-state index in [9.17, 15) is 4.79 Å². The first-order valence-corrected chi connectivity index (χ1v) is 11.3. The number of piperidine rings is 1. The van der Waals surface area contributed by atoms with Crippen molar-refractivity contribution in [3.8, 4) is 11.1 Å². The third-order valence-electron chi connectivity index (χ3n) is 5.57. The third kappa shape index (κ3) is 4.77. The second-order valence-electron chi connectivity index (χ2n) is 9.96. The molecule has 2 N–H and O–H groups in total. The van der Waals surface area contributed by atoms with E-state index in [1.807, 2.05) is 50.9 Å². The SMILES string of the molecule is CC(C)Nc1cc(C2CCC[NH+](C(=O)OC(C)(C)C)C2)nc2c(-c3cnn(C)c3)cnn12. The number of ether oxygens (including phenoxy) is 1. The number of amides is 1. The highest BCUT2D eigenvalue weighted by molar-refractivity contribution is 5.77. The fraction of sp³-hybridized carbons (Fsp3) is 0.565. The van der Waals surface area contributed by atoms with E-state index in [-0.39, 0.29) is 18.1 Å². The van der Waals surface area contributed by atoms with Crippen LogP contribution in [0.3, 0.4) is 0 Å². The summed E-state index contributed by atoms with van der Waals surface area (Å²) in [5.41, 5.74) is 3.21.